The van der Waals surface area contributed by atoms with Crippen molar-refractivity contribution in [3.05, 3.63) is 21.9 Å². The van der Waals surface area contributed by atoms with Gasteiger partial charge in [0.05, 0.1) is 17.0 Å². The molecule has 0 spiro atoms. The summed E-state index contributed by atoms with van der Waals surface area (Å²) in [7, 11) is 0. The van der Waals surface area contributed by atoms with Crippen LogP contribution in [0.3, 0.4) is 0 Å². The summed E-state index contributed by atoms with van der Waals surface area (Å²) >= 11 is 1.46. The average molecular weight is 265 g/mol. The third kappa shape index (κ3) is 5.35. The standard InChI is InChI=1S/C14H19NO2S/c1-2-3-5-8-15-14(17)12-10-13(18-11-12)7-4-6-9-16/h10-11,16H,2-3,5-6,8-9H2,1H3,(H,15,17). The van der Waals surface area contributed by atoms with Crippen molar-refractivity contribution in [3.8, 4) is 11.8 Å². The van der Waals surface area contributed by atoms with Gasteiger partial charge in [-0.1, -0.05) is 31.6 Å². The number of rotatable bonds is 6. The maximum absolute atomic E-state index is 11.8. The first kappa shape index (κ1) is 14.7. The number of carbonyl (C=O) groups is 1. The van der Waals surface area contributed by atoms with Gasteiger partial charge in [-0.2, -0.15) is 0 Å². The first-order chi connectivity index (χ1) is 8.77. The molecule has 0 fully saturated rings. The van der Waals surface area contributed by atoms with Crippen molar-refractivity contribution >= 4 is 17.2 Å². The van der Waals surface area contributed by atoms with E-state index in [1.54, 1.807) is 6.07 Å². The molecule has 2 N–H and O–H groups in total. The average Bonchev–Trinajstić information content (AvgIpc) is 2.84. The van der Waals surface area contributed by atoms with Gasteiger partial charge in [0, 0.05) is 18.3 Å². The Kier molecular flexibility index (Phi) is 7.16. The normalized spacial score (nSPS) is 9.67. The van der Waals surface area contributed by atoms with Crippen LogP contribution in [0.4, 0.5) is 0 Å². The van der Waals surface area contributed by atoms with Crippen molar-refractivity contribution in [3.63, 3.8) is 0 Å². The van der Waals surface area contributed by atoms with Gasteiger partial charge in [-0.25, -0.2) is 0 Å². The fourth-order valence-electron chi connectivity index (χ4n) is 1.41. The smallest absolute Gasteiger partial charge is 0.252 e. The molecule has 1 heterocycles. The van der Waals surface area contributed by atoms with Gasteiger partial charge >= 0.3 is 0 Å². The zero-order valence-electron chi connectivity index (χ0n) is 10.7. The molecule has 0 aliphatic heterocycles. The zero-order chi connectivity index (χ0) is 13.2. The number of nitrogens with one attached hydrogen (secondary N) is 1. The molecule has 0 atom stereocenters. The summed E-state index contributed by atoms with van der Waals surface area (Å²) in [5, 5.41) is 13.3. The van der Waals surface area contributed by atoms with Crippen LogP contribution in [0.2, 0.25) is 0 Å². The Morgan fingerprint density at radius 1 is 1.50 bits per heavy atom. The molecule has 0 aliphatic rings. The molecule has 0 unspecified atom stereocenters. The van der Waals surface area contributed by atoms with Crippen molar-refractivity contribution in [1.82, 2.24) is 5.32 Å². The van der Waals surface area contributed by atoms with Crippen molar-refractivity contribution in [1.29, 1.82) is 0 Å². The number of unbranched alkanes of at least 4 members (excludes halogenated alkanes) is 2. The highest BCUT2D eigenvalue weighted by molar-refractivity contribution is 7.10. The van der Waals surface area contributed by atoms with Crippen molar-refractivity contribution in [2.75, 3.05) is 13.2 Å². The minimum Gasteiger partial charge on any atom is -0.395 e. The number of amides is 1. The Morgan fingerprint density at radius 2 is 2.33 bits per heavy atom. The molecule has 1 aromatic rings. The van der Waals surface area contributed by atoms with Gasteiger partial charge in [0.2, 0.25) is 0 Å². The lowest BCUT2D eigenvalue weighted by molar-refractivity contribution is 0.0953. The first-order valence-corrected chi connectivity index (χ1v) is 7.12. The van der Waals surface area contributed by atoms with Crippen molar-refractivity contribution in [2.45, 2.75) is 32.6 Å². The molecular weight excluding hydrogens is 246 g/mol. The highest BCUT2D eigenvalue weighted by Gasteiger charge is 2.06. The first-order valence-electron chi connectivity index (χ1n) is 6.24. The maximum atomic E-state index is 11.8. The Hall–Kier alpha value is -1.31. The number of hydrogen-bond acceptors (Lipinski definition) is 3. The minimum absolute atomic E-state index is 0.0300. The van der Waals surface area contributed by atoms with Crippen LogP contribution >= 0.6 is 11.3 Å². The van der Waals surface area contributed by atoms with E-state index in [-0.39, 0.29) is 12.5 Å². The summed E-state index contributed by atoms with van der Waals surface area (Å²) in [5.41, 5.74) is 0.671. The van der Waals surface area contributed by atoms with E-state index in [1.165, 1.54) is 11.3 Å². The number of aliphatic hydroxyl groups excluding tert-OH is 1. The lowest BCUT2D eigenvalue weighted by Gasteiger charge is -2.01. The minimum atomic E-state index is -0.0300. The molecule has 98 valence electrons. The number of thiophene rings is 1. The molecule has 0 radical (unpaired) electrons. The van der Waals surface area contributed by atoms with E-state index in [9.17, 15) is 4.79 Å². The second kappa shape index (κ2) is 8.73. The van der Waals surface area contributed by atoms with E-state index >= 15 is 0 Å². The van der Waals surface area contributed by atoms with E-state index in [0.717, 1.165) is 30.7 Å². The van der Waals surface area contributed by atoms with Crippen LogP contribution in [0.1, 0.15) is 47.8 Å². The summed E-state index contributed by atoms with van der Waals surface area (Å²) in [6, 6.07) is 1.80. The predicted molar refractivity (Wildman–Crippen MR) is 74.8 cm³/mol. The zero-order valence-corrected chi connectivity index (χ0v) is 11.5. The molecular formula is C14H19NO2S. The van der Waals surface area contributed by atoms with Crippen LogP contribution in [-0.2, 0) is 0 Å². The fraction of sp³-hybridized carbons (Fsp3) is 0.500. The topological polar surface area (TPSA) is 49.3 Å². The SMILES string of the molecule is CCCCCNC(=O)c1csc(C#CCCO)c1. The van der Waals surface area contributed by atoms with Crippen LogP contribution in [0, 0.1) is 11.8 Å². The van der Waals surface area contributed by atoms with E-state index in [4.69, 9.17) is 5.11 Å². The van der Waals surface area contributed by atoms with Gasteiger partial charge in [0.1, 0.15) is 0 Å². The molecule has 1 amide bonds. The lowest BCUT2D eigenvalue weighted by Crippen LogP contribution is -2.23. The third-order valence-electron chi connectivity index (χ3n) is 2.38. The quantitative estimate of drug-likeness (QED) is 0.613. The van der Waals surface area contributed by atoms with E-state index in [0.29, 0.717) is 12.0 Å². The van der Waals surface area contributed by atoms with E-state index < -0.39 is 0 Å². The van der Waals surface area contributed by atoms with Crippen molar-refractivity contribution < 1.29 is 9.90 Å². The fourth-order valence-corrected chi connectivity index (χ4v) is 2.16. The molecule has 0 aliphatic carbocycles. The lowest BCUT2D eigenvalue weighted by atomic mass is 10.2. The number of hydrogen-bond donors (Lipinski definition) is 2. The van der Waals surface area contributed by atoms with Gasteiger partial charge in [-0.15, -0.1) is 11.3 Å². The van der Waals surface area contributed by atoms with Gasteiger partial charge < -0.3 is 10.4 Å². The Balaban J connectivity index is 2.42. The number of carbonyl (C=O) groups excluding carboxylic acids is 1. The van der Waals surface area contributed by atoms with Gasteiger partial charge in [-0.05, 0) is 12.5 Å². The van der Waals surface area contributed by atoms with E-state index in [2.05, 4.69) is 24.1 Å². The second-order valence-electron chi connectivity index (χ2n) is 3.94. The van der Waals surface area contributed by atoms with Crippen LogP contribution < -0.4 is 5.32 Å². The summed E-state index contributed by atoms with van der Waals surface area (Å²) in [6.07, 6.45) is 3.78. The molecule has 0 bridgehead atoms. The molecule has 0 saturated heterocycles. The molecule has 0 aromatic carbocycles. The molecule has 18 heavy (non-hydrogen) atoms. The summed E-state index contributed by atoms with van der Waals surface area (Å²) in [4.78, 5) is 12.6. The van der Waals surface area contributed by atoms with Crippen molar-refractivity contribution in [2.24, 2.45) is 0 Å². The third-order valence-corrected chi connectivity index (χ3v) is 3.22. The maximum Gasteiger partial charge on any atom is 0.252 e. The van der Waals surface area contributed by atoms with Gasteiger partial charge in [0.25, 0.3) is 5.91 Å². The highest BCUT2D eigenvalue weighted by atomic mass is 32.1. The van der Waals surface area contributed by atoms with E-state index in [1.807, 2.05) is 5.38 Å². The Labute approximate surface area is 112 Å². The van der Waals surface area contributed by atoms with Gasteiger partial charge in [-0.3, -0.25) is 4.79 Å². The van der Waals surface area contributed by atoms with Gasteiger partial charge in [0.15, 0.2) is 0 Å². The summed E-state index contributed by atoms with van der Waals surface area (Å²) in [6.45, 7) is 2.94. The van der Waals surface area contributed by atoms with Crippen LogP contribution in [0.15, 0.2) is 11.4 Å². The molecule has 4 heteroatoms. The van der Waals surface area contributed by atoms with Crippen LogP contribution in [0.5, 0.6) is 0 Å². The highest BCUT2D eigenvalue weighted by Crippen LogP contribution is 2.13. The largest absolute Gasteiger partial charge is 0.395 e. The monoisotopic (exact) mass is 265 g/mol. The Bertz CT molecular complexity index is 428. The van der Waals surface area contributed by atoms with Crippen LogP contribution in [-0.4, -0.2) is 24.2 Å². The summed E-state index contributed by atoms with van der Waals surface area (Å²) < 4.78 is 0. The second-order valence-corrected chi connectivity index (χ2v) is 4.85. The molecule has 1 aromatic heterocycles. The number of aliphatic hydroxyl groups is 1. The molecule has 1 rings (SSSR count). The summed E-state index contributed by atoms with van der Waals surface area (Å²) in [5.74, 6) is 5.74. The molecule has 3 nitrogen and oxygen atoms in total. The Morgan fingerprint density at radius 3 is 3.06 bits per heavy atom. The predicted octanol–water partition coefficient (Wildman–Crippen LogP) is 2.40. The van der Waals surface area contributed by atoms with Crippen LogP contribution in [0.25, 0.3) is 0 Å². The molecule has 0 saturated carbocycles.